The highest BCUT2D eigenvalue weighted by Gasteiger charge is 2.28. The minimum Gasteiger partial charge on any atom is -0.302 e. The third kappa shape index (κ3) is 4.86. The summed E-state index contributed by atoms with van der Waals surface area (Å²) >= 11 is 3.43. The van der Waals surface area contributed by atoms with Crippen molar-refractivity contribution in [2.75, 3.05) is 19.6 Å². The molecule has 0 aromatic rings. The number of hydrogen-bond donors (Lipinski definition) is 0. The van der Waals surface area contributed by atoms with E-state index in [0.29, 0.717) is 4.83 Å². The Morgan fingerprint density at radius 2 is 2.08 bits per heavy atom. The first-order chi connectivity index (χ1) is 5.97. The Balaban J connectivity index is 2.21. The maximum Gasteiger partial charge on any atom is 0.390 e. The molecule has 1 fully saturated rings. The maximum atomic E-state index is 11.9. The fourth-order valence-corrected chi connectivity index (χ4v) is 2.22. The van der Waals surface area contributed by atoms with Crippen LogP contribution in [0.5, 0.6) is 0 Å². The summed E-state index contributed by atoms with van der Waals surface area (Å²) in [5.74, 6) is 0. The van der Waals surface area contributed by atoms with Crippen molar-refractivity contribution in [2.24, 2.45) is 0 Å². The summed E-state index contributed by atoms with van der Waals surface area (Å²) in [5.41, 5.74) is 0. The summed E-state index contributed by atoms with van der Waals surface area (Å²) < 4.78 is 35.6. The van der Waals surface area contributed by atoms with Crippen LogP contribution in [-0.4, -0.2) is 35.5 Å². The van der Waals surface area contributed by atoms with Crippen LogP contribution in [0, 0.1) is 0 Å². The van der Waals surface area contributed by atoms with Crippen molar-refractivity contribution < 1.29 is 13.2 Å². The van der Waals surface area contributed by atoms with Gasteiger partial charge in [0.05, 0.1) is 6.42 Å². The van der Waals surface area contributed by atoms with Crippen molar-refractivity contribution in [3.8, 4) is 0 Å². The second kappa shape index (κ2) is 4.64. The predicted molar refractivity (Wildman–Crippen MR) is 49.1 cm³/mol. The van der Waals surface area contributed by atoms with Gasteiger partial charge in [-0.25, -0.2) is 0 Å². The summed E-state index contributed by atoms with van der Waals surface area (Å²) in [7, 11) is 0. The van der Waals surface area contributed by atoms with Crippen LogP contribution in [0.25, 0.3) is 0 Å². The molecule has 1 atom stereocenters. The van der Waals surface area contributed by atoms with Crippen molar-refractivity contribution in [1.82, 2.24) is 4.90 Å². The lowest BCUT2D eigenvalue weighted by molar-refractivity contribution is -0.138. The van der Waals surface area contributed by atoms with Crippen molar-refractivity contribution in [2.45, 2.75) is 30.3 Å². The molecule has 1 rings (SSSR count). The molecular formula is C8H13BrF3N. The van der Waals surface area contributed by atoms with Crippen LogP contribution in [0.1, 0.15) is 19.3 Å². The highest BCUT2D eigenvalue weighted by Crippen LogP contribution is 2.22. The average Bonchev–Trinajstić information content (AvgIpc) is 2.00. The molecule has 5 heteroatoms. The van der Waals surface area contributed by atoms with Crippen LogP contribution in [0.2, 0.25) is 0 Å². The van der Waals surface area contributed by atoms with Crippen molar-refractivity contribution >= 4 is 15.9 Å². The summed E-state index contributed by atoms with van der Waals surface area (Å²) in [6.45, 7) is 1.69. The zero-order valence-corrected chi connectivity index (χ0v) is 8.87. The molecule has 78 valence electrons. The SMILES string of the molecule is FC(F)(F)CCN1CCCC(Br)C1. The number of alkyl halides is 4. The van der Waals surface area contributed by atoms with Crippen LogP contribution >= 0.6 is 15.9 Å². The van der Waals surface area contributed by atoms with E-state index in [1.54, 1.807) is 0 Å². The van der Waals surface area contributed by atoms with E-state index >= 15 is 0 Å². The van der Waals surface area contributed by atoms with Crippen LogP contribution in [0.15, 0.2) is 0 Å². The van der Waals surface area contributed by atoms with Gasteiger partial charge in [0.1, 0.15) is 0 Å². The van der Waals surface area contributed by atoms with Gasteiger partial charge in [-0.3, -0.25) is 0 Å². The van der Waals surface area contributed by atoms with Crippen molar-refractivity contribution in [3.63, 3.8) is 0 Å². The lowest BCUT2D eigenvalue weighted by atomic mass is 10.1. The quantitative estimate of drug-likeness (QED) is 0.690. The fraction of sp³-hybridized carbons (Fsp3) is 1.00. The number of likely N-dealkylation sites (tertiary alicyclic amines) is 1. The van der Waals surface area contributed by atoms with Gasteiger partial charge in [0.25, 0.3) is 0 Å². The first kappa shape index (κ1) is 11.3. The second-order valence-electron chi connectivity index (χ2n) is 3.41. The van der Waals surface area contributed by atoms with E-state index in [9.17, 15) is 13.2 Å². The van der Waals surface area contributed by atoms with E-state index < -0.39 is 12.6 Å². The molecular weight excluding hydrogens is 247 g/mol. The Morgan fingerprint density at radius 3 is 2.62 bits per heavy atom. The Bertz CT molecular complexity index is 160. The van der Waals surface area contributed by atoms with E-state index in [2.05, 4.69) is 15.9 Å². The van der Waals surface area contributed by atoms with Gasteiger partial charge in [-0.05, 0) is 19.4 Å². The Labute approximate surface area is 84.4 Å². The summed E-state index contributed by atoms with van der Waals surface area (Å²) in [4.78, 5) is 2.24. The number of halogens is 4. The molecule has 0 N–H and O–H groups in total. The molecule has 0 bridgehead atoms. The van der Waals surface area contributed by atoms with E-state index in [-0.39, 0.29) is 6.54 Å². The smallest absolute Gasteiger partial charge is 0.302 e. The van der Waals surface area contributed by atoms with E-state index in [4.69, 9.17) is 0 Å². The zero-order chi connectivity index (χ0) is 9.90. The summed E-state index contributed by atoms with van der Waals surface area (Å²) in [5, 5.41) is 0. The van der Waals surface area contributed by atoms with Crippen molar-refractivity contribution in [3.05, 3.63) is 0 Å². The third-order valence-corrected chi connectivity index (χ3v) is 2.91. The maximum absolute atomic E-state index is 11.9. The van der Waals surface area contributed by atoms with E-state index in [1.165, 1.54) is 0 Å². The Hall–Kier alpha value is 0.230. The molecule has 0 spiro atoms. The monoisotopic (exact) mass is 259 g/mol. The standard InChI is InChI=1S/C8H13BrF3N/c9-7-2-1-4-13(6-7)5-3-8(10,11)12/h7H,1-6H2. The molecule has 0 aliphatic carbocycles. The van der Waals surface area contributed by atoms with E-state index in [1.807, 2.05) is 4.90 Å². The Kier molecular flexibility index (Phi) is 4.04. The van der Waals surface area contributed by atoms with Gasteiger partial charge in [-0.2, -0.15) is 13.2 Å². The van der Waals surface area contributed by atoms with Gasteiger partial charge < -0.3 is 4.90 Å². The normalized spacial score (nSPS) is 26.3. The minimum absolute atomic E-state index is 0.144. The summed E-state index contributed by atoms with van der Waals surface area (Å²) in [6, 6.07) is 0. The largest absolute Gasteiger partial charge is 0.390 e. The lowest BCUT2D eigenvalue weighted by Gasteiger charge is -2.29. The molecule has 13 heavy (non-hydrogen) atoms. The number of piperidine rings is 1. The topological polar surface area (TPSA) is 3.24 Å². The first-order valence-electron chi connectivity index (χ1n) is 4.40. The van der Waals surface area contributed by atoms with Crippen LogP contribution < -0.4 is 0 Å². The first-order valence-corrected chi connectivity index (χ1v) is 5.32. The average molecular weight is 260 g/mol. The van der Waals surface area contributed by atoms with E-state index in [0.717, 1.165) is 25.9 Å². The van der Waals surface area contributed by atoms with Gasteiger partial charge in [0.2, 0.25) is 0 Å². The highest BCUT2D eigenvalue weighted by molar-refractivity contribution is 9.09. The second-order valence-corrected chi connectivity index (χ2v) is 4.70. The lowest BCUT2D eigenvalue weighted by Crippen LogP contribution is -2.37. The Morgan fingerprint density at radius 1 is 1.38 bits per heavy atom. The highest BCUT2D eigenvalue weighted by atomic mass is 79.9. The molecule has 1 unspecified atom stereocenters. The fourth-order valence-electron chi connectivity index (χ4n) is 1.49. The molecule has 0 aromatic heterocycles. The number of rotatable bonds is 2. The molecule has 1 saturated heterocycles. The third-order valence-electron chi connectivity index (χ3n) is 2.16. The van der Waals surface area contributed by atoms with Crippen molar-refractivity contribution in [1.29, 1.82) is 0 Å². The predicted octanol–water partition coefficient (Wildman–Crippen LogP) is 2.80. The number of hydrogen-bond acceptors (Lipinski definition) is 1. The van der Waals surface area contributed by atoms with Crippen LogP contribution in [0.4, 0.5) is 13.2 Å². The minimum atomic E-state index is -4.01. The molecule has 1 aliphatic heterocycles. The van der Waals surface area contributed by atoms with Gasteiger partial charge in [-0.15, -0.1) is 0 Å². The van der Waals surface area contributed by atoms with Gasteiger partial charge in [0.15, 0.2) is 0 Å². The number of nitrogens with zero attached hydrogens (tertiary/aromatic N) is 1. The van der Waals surface area contributed by atoms with Crippen LogP contribution in [0.3, 0.4) is 0 Å². The van der Waals surface area contributed by atoms with Gasteiger partial charge in [-0.1, -0.05) is 15.9 Å². The molecule has 0 amide bonds. The zero-order valence-electron chi connectivity index (χ0n) is 7.28. The summed E-state index contributed by atoms with van der Waals surface area (Å²) in [6.07, 6.45) is -2.64. The molecule has 0 saturated carbocycles. The van der Waals surface area contributed by atoms with Crippen LogP contribution in [-0.2, 0) is 0 Å². The molecule has 1 aliphatic rings. The van der Waals surface area contributed by atoms with Gasteiger partial charge in [0, 0.05) is 17.9 Å². The molecule has 1 nitrogen and oxygen atoms in total. The molecule has 0 radical (unpaired) electrons. The molecule has 1 heterocycles. The van der Waals surface area contributed by atoms with Gasteiger partial charge >= 0.3 is 6.18 Å². The molecule has 0 aromatic carbocycles.